The van der Waals surface area contributed by atoms with Crippen LogP contribution in [0.3, 0.4) is 0 Å². The third-order valence-corrected chi connectivity index (χ3v) is 3.10. The molecule has 0 spiro atoms. The summed E-state index contributed by atoms with van der Waals surface area (Å²) in [6, 6.07) is 0. The van der Waals surface area contributed by atoms with Gasteiger partial charge in [0.15, 0.2) is 0 Å². The third-order valence-electron chi connectivity index (χ3n) is 3.10. The van der Waals surface area contributed by atoms with Crippen LogP contribution in [-0.2, 0) is 11.2 Å². The quantitative estimate of drug-likeness (QED) is 0.824. The highest BCUT2D eigenvalue weighted by molar-refractivity contribution is 5.37. The van der Waals surface area contributed by atoms with Crippen molar-refractivity contribution in [3.63, 3.8) is 0 Å². The minimum Gasteiger partial charge on any atom is -0.378 e. The highest BCUT2D eigenvalue weighted by Crippen LogP contribution is 2.16. The zero-order chi connectivity index (χ0) is 12.3. The van der Waals surface area contributed by atoms with E-state index in [-0.39, 0.29) is 0 Å². The van der Waals surface area contributed by atoms with Gasteiger partial charge in [0, 0.05) is 24.5 Å². The van der Waals surface area contributed by atoms with Gasteiger partial charge in [0.2, 0.25) is 5.95 Å². The second-order valence-electron chi connectivity index (χ2n) is 4.31. The summed E-state index contributed by atoms with van der Waals surface area (Å²) in [5.41, 5.74) is 8.87. The van der Waals surface area contributed by atoms with Gasteiger partial charge >= 0.3 is 0 Å². The van der Waals surface area contributed by atoms with E-state index in [1.807, 2.05) is 13.8 Å². The zero-order valence-electron chi connectivity index (χ0n) is 10.6. The summed E-state index contributed by atoms with van der Waals surface area (Å²) < 4.78 is 5.33. The van der Waals surface area contributed by atoms with E-state index in [4.69, 9.17) is 10.5 Å². The van der Waals surface area contributed by atoms with Crippen LogP contribution in [0.4, 0.5) is 5.95 Å². The summed E-state index contributed by atoms with van der Waals surface area (Å²) in [4.78, 5) is 11.3. The smallest absolute Gasteiger partial charge is 0.225 e. The van der Waals surface area contributed by atoms with Crippen LogP contribution in [0.25, 0.3) is 0 Å². The van der Waals surface area contributed by atoms with Crippen LogP contribution in [0, 0.1) is 13.8 Å². The Balaban J connectivity index is 2.24. The van der Waals surface area contributed by atoms with Gasteiger partial charge in [-0.2, -0.15) is 0 Å². The van der Waals surface area contributed by atoms with Crippen molar-refractivity contribution < 1.29 is 4.74 Å². The molecule has 0 aromatic carbocycles. The molecule has 0 saturated carbocycles. The normalized spacial score (nSPS) is 16.3. The maximum Gasteiger partial charge on any atom is 0.225 e. The van der Waals surface area contributed by atoms with Crippen molar-refractivity contribution in [1.29, 1.82) is 0 Å². The Kier molecular flexibility index (Phi) is 3.91. The molecule has 2 heterocycles. The minimum absolute atomic E-state index is 0.641. The molecule has 5 heteroatoms. The highest BCUT2D eigenvalue weighted by Gasteiger charge is 2.16. The number of ether oxygens (including phenoxy) is 1. The summed E-state index contributed by atoms with van der Waals surface area (Å²) in [6.45, 7) is 7.96. The first-order valence-corrected chi connectivity index (χ1v) is 6.09. The van der Waals surface area contributed by atoms with Gasteiger partial charge in [-0.15, -0.1) is 0 Å². The lowest BCUT2D eigenvalue weighted by molar-refractivity contribution is 0.122. The molecule has 0 aliphatic carbocycles. The van der Waals surface area contributed by atoms with Gasteiger partial charge in [-0.05, 0) is 32.4 Å². The Bertz CT molecular complexity index is 365. The van der Waals surface area contributed by atoms with Crippen molar-refractivity contribution in [3.05, 3.63) is 17.0 Å². The van der Waals surface area contributed by atoms with Crippen molar-refractivity contribution in [1.82, 2.24) is 9.97 Å². The molecule has 0 unspecified atom stereocenters. The fourth-order valence-corrected chi connectivity index (χ4v) is 2.13. The van der Waals surface area contributed by atoms with Gasteiger partial charge in [0.25, 0.3) is 0 Å². The molecular weight excluding hydrogens is 216 g/mol. The fraction of sp³-hybridized carbons (Fsp3) is 0.667. The molecular formula is C12H20N4O. The van der Waals surface area contributed by atoms with Crippen LogP contribution in [0.2, 0.25) is 0 Å². The highest BCUT2D eigenvalue weighted by atomic mass is 16.5. The Labute approximate surface area is 102 Å². The number of aryl methyl sites for hydroxylation is 2. The molecule has 5 nitrogen and oxygen atoms in total. The Hall–Kier alpha value is -1.20. The first-order valence-electron chi connectivity index (χ1n) is 6.09. The van der Waals surface area contributed by atoms with Gasteiger partial charge in [-0.1, -0.05) is 0 Å². The number of nitrogens with zero attached hydrogens (tertiary/aromatic N) is 3. The maximum absolute atomic E-state index is 5.60. The number of anilines is 1. The SMILES string of the molecule is Cc1nc(N2CCOCC2)nc(C)c1CCN. The van der Waals surface area contributed by atoms with Crippen LogP contribution in [0.1, 0.15) is 17.0 Å². The third kappa shape index (κ3) is 2.73. The van der Waals surface area contributed by atoms with Crippen molar-refractivity contribution in [2.24, 2.45) is 5.73 Å². The first kappa shape index (κ1) is 12.3. The monoisotopic (exact) mass is 236 g/mol. The number of rotatable bonds is 3. The van der Waals surface area contributed by atoms with Gasteiger partial charge < -0.3 is 15.4 Å². The second-order valence-corrected chi connectivity index (χ2v) is 4.31. The molecule has 1 aliphatic heterocycles. The van der Waals surface area contributed by atoms with Crippen molar-refractivity contribution >= 4 is 5.95 Å². The van der Waals surface area contributed by atoms with E-state index in [9.17, 15) is 0 Å². The van der Waals surface area contributed by atoms with Crippen LogP contribution in [-0.4, -0.2) is 42.8 Å². The van der Waals surface area contributed by atoms with E-state index in [1.54, 1.807) is 0 Å². The van der Waals surface area contributed by atoms with Crippen LogP contribution < -0.4 is 10.6 Å². The molecule has 17 heavy (non-hydrogen) atoms. The van der Waals surface area contributed by atoms with Gasteiger partial charge in [0.05, 0.1) is 13.2 Å². The topological polar surface area (TPSA) is 64.3 Å². The number of hydrogen-bond donors (Lipinski definition) is 1. The summed E-state index contributed by atoms with van der Waals surface area (Å²) in [5.74, 6) is 0.823. The number of hydrogen-bond acceptors (Lipinski definition) is 5. The minimum atomic E-state index is 0.641. The van der Waals surface area contributed by atoms with Crippen LogP contribution >= 0.6 is 0 Å². The number of aromatic nitrogens is 2. The number of nitrogens with two attached hydrogens (primary N) is 1. The Morgan fingerprint density at radius 1 is 1.18 bits per heavy atom. The molecule has 0 radical (unpaired) electrons. The van der Waals surface area contributed by atoms with E-state index in [1.165, 1.54) is 5.56 Å². The first-order chi connectivity index (χ1) is 8.22. The molecule has 1 fully saturated rings. The summed E-state index contributed by atoms with van der Waals surface area (Å²) in [5, 5.41) is 0. The Morgan fingerprint density at radius 3 is 2.29 bits per heavy atom. The van der Waals surface area contributed by atoms with Gasteiger partial charge in [-0.3, -0.25) is 0 Å². The fourth-order valence-electron chi connectivity index (χ4n) is 2.13. The summed E-state index contributed by atoms with van der Waals surface area (Å²) >= 11 is 0. The van der Waals surface area contributed by atoms with E-state index in [2.05, 4.69) is 14.9 Å². The number of morpholine rings is 1. The average Bonchev–Trinajstić information content (AvgIpc) is 2.35. The molecule has 0 amide bonds. The Morgan fingerprint density at radius 2 is 1.76 bits per heavy atom. The molecule has 2 N–H and O–H groups in total. The zero-order valence-corrected chi connectivity index (χ0v) is 10.6. The molecule has 2 rings (SSSR count). The van der Waals surface area contributed by atoms with Crippen molar-refractivity contribution in [3.8, 4) is 0 Å². The molecule has 1 saturated heterocycles. The van der Waals surface area contributed by atoms with Gasteiger partial charge in [0.1, 0.15) is 0 Å². The lowest BCUT2D eigenvalue weighted by Gasteiger charge is -2.27. The van der Waals surface area contributed by atoms with E-state index in [0.29, 0.717) is 6.54 Å². The van der Waals surface area contributed by atoms with Crippen molar-refractivity contribution in [2.75, 3.05) is 37.7 Å². The van der Waals surface area contributed by atoms with Crippen molar-refractivity contribution in [2.45, 2.75) is 20.3 Å². The van der Waals surface area contributed by atoms with E-state index >= 15 is 0 Å². The van der Waals surface area contributed by atoms with E-state index in [0.717, 1.165) is 50.1 Å². The molecule has 1 aliphatic rings. The van der Waals surface area contributed by atoms with Gasteiger partial charge in [-0.25, -0.2) is 9.97 Å². The largest absolute Gasteiger partial charge is 0.378 e. The second kappa shape index (κ2) is 5.42. The standard InChI is InChI=1S/C12H20N4O/c1-9-11(3-4-13)10(2)15-12(14-9)16-5-7-17-8-6-16/h3-8,13H2,1-2H3. The predicted octanol–water partition coefficient (Wildman–Crippen LogP) is 0.431. The molecule has 0 atom stereocenters. The molecule has 1 aromatic rings. The molecule has 1 aromatic heterocycles. The summed E-state index contributed by atoms with van der Waals surface area (Å²) in [6.07, 6.45) is 0.848. The van der Waals surface area contributed by atoms with Crippen LogP contribution in [0.15, 0.2) is 0 Å². The lowest BCUT2D eigenvalue weighted by atomic mass is 10.1. The summed E-state index contributed by atoms with van der Waals surface area (Å²) in [7, 11) is 0. The molecule has 94 valence electrons. The maximum atomic E-state index is 5.60. The van der Waals surface area contributed by atoms with Crippen LogP contribution in [0.5, 0.6) is 0 Å². The average molecular weight is 236 g/mol. The lowest BCUT2D eigenvalue weighted by Crippen LogP contribution is -2.37. The predicted molar refractivity (Wildman–Crippen MR) is 67.3 cm³/mol. The molecule has 0 bridgehead atoms. The van der Waals surface area contributed by atoms with E-state index < -0.39 is 0 Å².